The predicted octanol–water partition coefficient (Wildman–Crippen LogP) is 14.1. The maximum Gasteiger partial charge on any atom is 0.0740 e. The van der Waals surface area contributed by atoms with Crippen LogP contribution in [-0.2, 0) is 16.2 Å². The zero-order valence-electron chi connectivity index (χ0n) is 33.9. The smallest absolute Gasteiger partial charge is 0.0740 e. The molecule has 8 aromatic rings. The normalized spacial score (nSPS) is 17.9. The maximum absolute atomic E-state index is 2.71. The Hall–Kier alpha value is -6.96. The van der Waals surface area contributed by atoms with Gasteiger partial charge in [-0.15, -0.1) is 0 Å². The molecule has 1 atom stereocenters. The predicted molar refractivity (Wildman–Crippen MR) is 247 cm³/mol. The molecule has 13 rings (SSSR count). The number of benzene rings is 8. The summed E-state index contributed by atoms with van der Waals surface area (Å²) in [5.41, 5.74) is 22.8. The monoisotopic (exact) mass is 765 g/mol. The lowest BCUT2D eigenvalue weighted by molar-refractivity contribution is 0.628. The van der Waals surface area contributed by atoms with Gasteiger partial charge in [0.05, 0.1) is 16.9 Å². The van der Waals surface area contributed by atoms with E-state index in [1.165, 1.54) is 100 Å². The summed E-state index contributed by atoms with van der Waals surface area (Å²) < 4.78 is 0. The Kier molecular flexibility index (Phi) is 6.82. The van der Waals surface area contributed by atoms with Gasteiger partial charge in [-0.05, 0) is 108 Å². The van der Waals surface area contributed by atoms with Crippen molar-refractivity contribution in [1.82, 2.24) is 0 Å². The van der Waals surface area contributed by atoms with Crippen molar-refractivity contribution in [2.75, 3.05) is 4.90 Å². The molecule has 0 aliphatic heterocycles. The van der Waals surface area contributed by atoms with E-state index >= 15 is 0 Å². The van der Waals surface area contributed by atoms with Crippen molar-refractivity contribution in [1.29, 1.82) is 0 Å². The lowest BCUT2D eigenvalue weighted by Gasteiger charge is -2.51. The van der Waals surface area contributed by atoms with E-state index in [9.17, 15) is 0 Å². The first kappa shape index (κ1) is 34.0. The first-order valence-corrected chi connectivity index (χ1v) is 21.6. The zero-order chi connectivity index (χ0) is 39.8. The fourth-order valence-corrected chi connectivity index (χ4v) is 12.6. The lowest BCUT2D eigenvalue weighted by Crippen LogP contribution is -2.45. The van der Waals surface area contributed by atoms with Gasteiger partial charge in [0, 0.05) is 22.4 Å². The van der Waals surface area contributed by atoms with Gasteiger partial charge in [0.2, 0.25) is 0 Å². The number of allylic oxidation sites excluding steroid dienone is 2. The molecule has 1 heteroatoms. The van der Waals surface area contributed by atoms with E-state index in [-0.39, 0.29) is 11.5 Å². The average Bonchev–Trinajstić information content (AvgIpc) is 3.86. The number of hydrogen-bond acceptors (Lipinski definition) is 1. The summed E-state index contributed by atoms with van der Waals surface area (Å²) in [5.74, 6) is 0. The molecule has 0 heterocycles. The van der Waals surface area contributed by atoms with Crippen LogP contribution in [-0.4, -0.2) is 6.04 Å². The summed E-state index contributed by atoms with van der Waals surface area (Å²) in [7, 11) is 0. The van der Waals surface area contributed by atoms with Crippen LogP contribution in [0.1, 0.15) is 75.9 Å². The molecule has 0 saturated carbocycles. The van der Waals surface area contributed by atoms with Crippen LogP contribution in [0.3, 0.4) is 0 Å². The Labute approximate surface area is 352 Å². The van der Waals surface area contributed by atoms with Crippen molar-refractivity contribution >= 4 is 11.4 Å². The fourth-order valence-electron chi connectivity index (χ4n) is 12.6. The van der Waals surface area contributed by atoms with Crippen molar-refractivity contribution in [2.45, 2.75) is 42.6 Å². The van der Waals surface area contributed by atoms with Crippen LogP contribution in [0.25, 0.3) is 33.4 Å². The van der Waals surface area contributed by atoms with Crippen LogP contribution >= 0.6 is 0 Å². The van der Waals surface area contributed by atoms with Crippen molar-refractivity contribution in [3.8, 4) is 33.4 Å². The summed E-state index contributed by atoms with van der Waals surface area (Å²) in [4.78, 5) is 2.71. The number of fused-ring (bicyclic) bond motifs is 19. The molecule has 1 unspecified atom stereocenters. The van der Waals surface area contributed by atoms with Gasteiger partial charge >= 0.3 is 0 Å². The molecule has 0 saturated heterocycles. The molecule has 0 aromatic heterocycles. The Bertz CT molecular complexity index is 3100. The topological polar surface area (TPSA) is 3.24 Å². The van der Waals surface area contributed by atoms with Gasteiger partial charge in [0.25, 0.3) is 0 Å². The lowest BCUT2D eigenvalue weighted by atomic mass is 9.52. The molecule has 0 fully saturated rings. The van der Waals surface area contributed by atoms with Gasteiger partial charge in [0.15, 0.2) is 0 Å². The van der Waals surface area contributed by atoms with E-state index < -0.39 is 10.8 Å². The summed E-state index contributed by atoms with van der Waals surface area (Å²) in [6.07, 6.45) is 10.1. The Morgan fingerprint density at radius 3 is 1.40 bits per heavy atom. The molecule has 2 spiro atoms. The SMILES string of the molecule is CC1(C)c2ccccc2-c2ccc(N(c3cccc4c3C3(c5ccccc5-c5ccccc53)c3ccccc3C43c4ccccc4-c4ccccc43)C3C=CC=CC3)cc21. The van der Waals surface area contributed by atoms with Crippen LogP contribution in [0.15, 0.2) is 206 Å². The van der Waals surface area contributed by atoms with E-state index in [1.54, 1.807) is 0 Å². The van der Waals surface area contributed by atoms with Gasteiger partial charge in [-0.3, -0.25) is 0 Å². The molecule has 60 heavy (non-hydrogen) atoms. The number of rotatable bonds is 3. The third-order valence-corrected chi connectivity index (χ3v) is 14.9. The van der Waals surface area contributed by atoms with E-state index in [0.717, 1.165) is 6.42 Å². The van der Waals surface area contributed by atoms with Gasteiger partial charge in [-0.1, -0.05) is 202 Å². The average molecular weight is 766 g/mol. The standard InChI is InChI=1S/C59H43N/c1-57(2)46-26-11-6-21-40(46)45-36-35-39(37-54(45)57)60(38-19-4-3-5-20-38)55-34-18-33-53-56(55)59(49-29-14-9-24-43(49)44-25-10-15-30-50(44)59)52-32-17-16-31-51(52)58(53)47-27-12-7-22-41(47)42-23-8-13-28-48(42)58/h3-19,21-38H,20H2,1-2H3. The summed E-state index contributed by atoms with van der Waals surface area (Å²) in [5, 5.41) is 0. The summed E-state index contributed by atoms with van der Waals surface area (Å²) in [6.45, 7) is 4.80. The first-order valence-electron chi connectivity index (χ1n) is 21.6. The van der Waals surface area contributed by atoms with Crippen LogP contribution in [0, 0.1) is 0 Å². The molecule has 0 amide bonds. The third kappa shape index (κ3) is 4.03. The number of nitrogens with zero attached hydrogens (tertiary/aromatic N) is 1. The Balaban J connectivity index is 1.20. The molecule has 5 aliphatic rings. The molecule has 1 nitrogen and oxygen atoms in total. The third-order valence-electron chi connectivity index (χ3n) is 14.9. The van der Waals surface area contributed by atoms with E-state index in [0.29, 0.717) is 0 Å². The van der Waals surface area contributed by atoms with Gasteiger partial charge < -0.3 is 4.90 Å². The van der Waals surface area contributed by atoms with E-state index in [4.69, 9.17) is 0 Å². The highest BCUT2D eigenvalue weighted by Crippen LogP contribution is 2.69. The Morgan fingerprint density at radius 1 is 0.400 bits per heavy atom. The molecular formula is C59H43N. The summed E-state index contributed by atoms with van der Waals surface area (Å²) >= 11 is 0. The van der Waals surface area contributed by atoms with Gasteiger partial charge in [0.1, 0.15) is 0 Å². The van der Waals surface area contributed by atoms with Crippen LogP contribution < -0.4 is 4.90 Å². The molecule has 0 radical (unpaired) electrons. The zero-order valence-corrected chi connectivity index (χ0v) is 33.9. The fraction of sp³-hybridized carbons (Fsp3) is 0.119. The second kappa shape index (κ2) is 12.1. The highest BCUT2D eigenvalue weighted by atomic mass is 15.2. The highest BCUT2D eigenvalue weighted by Gasteiger charge is 2.60. The maximum atomic E-state index is 2.71. The Morgan fingerprint density at radius 2 is 0.850 bits per heavy atom. The van der Waals surface area contributed by atoms with Crippen LogP contribution in [0.4, 0.5) is 11.4 Å². The van der Waals surface area contributed by atoms with Crippen LogP contribution in [0.5, 0.6) is 0 Å². The second-order valence-electron chi connectivity index (χ2n) is 17.8. The molecular weight excluding hydrogens is 723 g/mol. The second-order valence-corrected chi connectivity index (χ2v) is 17.8. The molecule has 284 valence electrons. The molecule has 8 aromatic carbocycles. The highest BCUT2D eigenvalue weighted by molar-refractivity contribution is 5.96. The molecule has 0 bridgehead atoms. The molecule has 5 aliphatic carbocycles. The van der Waals surface area contributed by atoms with Crippen molar-refractivity contribution < 1.29 is 0 Å². The van der Waals surface area contributed by atoms with Crippen molar-refractivity contribution in [3.05, 3.63) is 262 Å². The minimum atomic E-state index is -0.591. The molecule has 0 N–H and O–H groups in total. The first-order chi connectivity index (χ1) is 29.6. The quantitative estimate of drug-likeness (QED) is 0.173. The minimum absolute atomic E-state index is 0.103. The minimum Gasteiger partial charge on any atom is -0.334 e. The van der Waals surface area contributed by atoms with Gasteiger partial charge in [-0.2, -0.15) is 0 Å². The van der Waals surface area contributed by atoms with E-state index in [2.05, 4.69) is 225 Å². The van der Waals surface area contributed by atoms with E-state index in [1.807, 2.05) is 0 Å². The largest absolute Gasteiger partial charge is 0.334 e. The number of hydrogen-bond donors (Lipinski definition) is 0. The van der Waals surface area contributed by atoms with Crippen LogP contribution in [0.2, 0.25) is 0 Å². The summed E-state index contributed by atoms with van der Waals surface area (Å²) in [6, 6.07) is 70.1. The number of anilines is 2. The van der Waals surface area contributed by atoms with Gasteiger partial charge in [-0.25, -0.2) is 0 Å². The van der Waals surface area contributed by atoms with Crippen molar-refractivity contribution in [2.24, 2.45) is 0 Å². The van der Waals surface area contributed by atoms with Crippen molar-refractivity contribution in [3.63, 3.8) is 0 Å².